The van der Waals surface area contributed by atoms with Gasteiger partial charge in [-0.15, -0.1) is 0 Å². The lowest BCUT2D eigenvalue weighted by Crippen LogP contribution is -2.57. The summed E-state index contributed by atoms with van der Waals surface area (Å²) in [5.41, 5.74) is 1.62. The molecule has 5 heteroatoms. The molecule has 138 valence electrons. The second-order valence-corrected chi connectivity index (χ2v) is 6.92. The quantitative estimate of drug-likeness (QED) is 0.888. The normalized spacial score (nSPS) is 31.7. The second kappa shape index (κ2) is 7.47. The Morgan fingerprint density at radius 2 is 1.69 bits per heavy atom. The average molecular weight is 355 g/mol. The molecule has 0 amide bonds. The maximum Gasteiger partial charge on any atom is 0.180 e. The topological polar surface area (TPSA) is 51.2 Å². The van der Waals surface area contributed by atoms with E-state index < -0.39 is 5.54 Å². The lowest BCUT2D eigenvalue weighted by atomic mass is 9.74. The smallest absolute Gasteiger partial charge is 0.180 e. The molecule has 5 nitrogen and oxygen atoms in total. The van der Waals surface area contributed by atoms with E-state index in [4.69, 9.17) is 14.4 Å². The molecule has 0 aliphatic carbocycles. The van der Waals surface area contributed by atoms with Crippen molar-refractivity contribution in [2.45, 2.75) is 43.6 Å². The number of fused-ring (bicyclic) bond motifs is 1. The maximum absolute atomic E-state index is 10.4. The van der Waals surface area contributed by atoms with Crippen molar-refractivity contribution >= 4 is 0 Å². The van der Waals surface area contributed by atoms with Crippen molar-refractivity contribution in [1.82, 2.24) is 5.23 Å². The average Bonchev–Trinajstić information content (AvgIpc) is 3.09. The van der Waals surface area contributed by atoms with Crippen molar-refractivity contribution < 1.29 is 19.5 Å². The molecule has 2 fully saturated rings. The molecule has 2 saturated heterocycles. The van der Waals surface area contributed by atoms with Crippen LogP contribution in [0.25, 0.3) is 0 Å². The Kier molecular flexibility index (Phi) is 5.07. The Labute approximate surface area is 154 Å². The van der Waals surface area contributed by atoms with E-state index in [2.05, 4.69) is 12.1 Å². The number of ether oxygens (including phenoxy) is 1. The van der Waals surface area contributed by atoms with Crippen LogP contribution < -0.4 is 0 Å². The number of hydrogen-bond donors (Lipinski definition) is 1. The fourth-order valence-corrected chi connectivity index (χ4v) is 4.11. The summed E-state index contributed by atoms with van der Waals surface area (Å²) in [5.74, 6) is 0.0488. The molecule has 2 aliphatic heterocycles. The molecule has 0 radical (unpaired) electrons. The van der Waals surface area contributed by atoms with E-state index in [-0.39, 0.29) is 24.9 Å². The summed E-state index contributed by atoms with van der Waals surface area (Å²) >= 11 is 0. The van der Waals surface area contributed by atoms with Crippen LogP contribution in [0.5, 0.6) is 0 Å². The standard InChI is InChI=1S/C21H25NO4/c1-2-24-20-13-18(16-9-5-3-6-10-16)21(15-23)14-19(25-22(21)26-20)17-11-7-4-8-12-17/h3-12,18-20,23H,2,13-15H2,1H3. The van der Waals surface area contributed by atoms with Gasteiger partial charge in [0.2, 0.25) is 0 Å². The van der Waals surface area contributed by atoms with E-state index in [1.165, 1.54) is 5.23 Å². The SMILES string of the molecule is CCOC1CC(c2ccccc2)C2(CO)CC(c3ccccc3)ON2O1. The van der Waals surface area contributed by atoms with Crippen LogP contribution in [0, 0.1) is 0 Å². The molecule has 0 bridgehead atoms. The van der Waals surface area contributed by atoms with E-state index in [1.54, 1.807) is 0 Å². The molecule has 2 aromatic carbocycles. The first-order chi connectivity index (χ1) is 12.8. The van der Waals surface area contributed by atoms with Crippen molar-refractivity contribution in [2.75, 3.05) is 13.2 Å². The van der Waals surface area contributed by atoms with Crippen LogP contribution in [0.15, 0.2) is 60.7 Å². The van der Waals surface area contributed by atoms with Gasteiger partial charge in [-0.25, -0.2) is 4.84 Å². The molecule has 0 saturated carbocycles. The Morgan fingerprint density at radius 3 is 2.31 bits per heavy atom. The fourth-order valence-electron chi connectivity index (χ4n) is 4.11. The summed E-state index contributed by atoms with van der Waals surface area (Å²) in [4.78, 5) is 12.1. The van der Waals surface area contributed by atoms with E-state index in [1.807, 2.05) is 55.5 Å². The molecule has 4 unspecified atom stereocenters. The summed E-state index contributed by atoms with van der Waals surface area (Å²) in [6.07, 6.45) is 0.792. The van der Waals surface area contributed by atoms with E-state index in [0.29, 0.717) is 19.4 Å². The van der Waals surface area contributed by atoms with Crippen LogP contribution in [-0.2, 0) is 14.4 Å². The number of nitrogens with zero attached hydrogens (tertiary/aromatic N) is 1. The highest BCUT2D eigenvalue weighted by molar-refractivity contribution is 5.27. The molecule has 0 spiro atoms. The predicted octanol–water partition coefficient (Wildman–Crippen LogP) is 3.58. The summed E-state index contributed by atoms with van der Waals surface area (Å²) in [7, 11) is 0. The van der Waals surface area contributed by atoms with Gasteiger partial charge in [-0.1, -0.05) is 65.9 Å². The van der Waals surface area contributed by atoms with Gasteiger partial charge in [-0.05, 0) is 18.1 Å². The molecular weight excluding hydrogens is 330 g/mol. The highest BCUT2D eigenvalue weighted by atomic mass is 17.0. The van der Waals surface area contributed by atoms with Crippen molar-refractivity contribution in [3.8, 4) is 0 Å². The Balaban J connectivity index is 1.70. The minimum Gasteiger partial charge on any atom is -0.394 e. The highest BCUT2D eigenvalue weighted by Gasteiger charge is 2.58. The summed E-state index contributed by atoms with van der Waals surface area (Å²) in [6, 6.07) is 20.3. The fraction of sp³-hybridized carbons (Fsp3) is 0.429. The number of rotatable bonds is 5. The second-order valence-electron chi connectivity index (χ2n) is 6.92. The van der Waals surface area contributed by atoms with E-state index in [0.717, 1.165) is 11.1 Å². The third kappa shape index (κ3) is 3.06. The van der Waals surface area contributed by atoms with Crippen LogP contribution in [0.4, 0.5) is 0 Å². The number of aliphatic hydroxyl groups is 1. The van der Waals surface area contributed by atoms with Gasteiger partial charge in [0.1, 0.15) is 11.6 Å². The number of hydroxylamine groups is 2. The first kappa shape index (κ1) is 17.6. The Hall–Kier alpha value is -1.76. The molecule has 2 heterocycles. The van der Waals surface area contributed by atoms with Crippen molar-refractivity contribution in [3.63, 3.8) is 0 Å². The first-order valence-corrected chi connectivity index (χ1v) is 9.23. The highest BCUT2D eigenvalue weighted by Crippen LogP contribution is 2.52. The van der Waals surface area contributed by atoms with Crippen LogP contribution in [0.3, 0.4) is 0 Å². The van der Waals surface area contributed by atoms with Gasteiger partial charge < -0.3 is 9.84 Å². The van der Waals surface area contributed by atoms with Crippen LogP contribution >= 0.6 is 0 Å². The lowest BCUT2D eigenvalue weighted by Gasteiger charge is -2.46. The third-order valence-corrected chi connectivity index (χ3v) is 5.42. The van der Waals surface area contributed by atoms with Crippen LogP contribution in [0.2, 0.25) is 0 Å². The van der Waals surface area contributed by atoms with Crippen LogP contribution in [-0.4, -0.2) is 35.4 Å². The van der Waals surface area contributed by atoms with Gasteiger partial charge in [0.25, 0.3) is 0 Å². The molecule has 26 heavy (non-hydrogen) atoms. The minimum atomic E-state index is -0.630. The van der Waals surface area contributed by atoms with Gasteiger partial charge in [-0.2, -0.15) is 0 Å². The van der Waals surface area contributed by atoms with Gasteiger partial charge >= 0.3 is 0 Å². The number of aliphatic hydroxyl groups excluding tert-OH is 1. The zero-order valence-corrected chi connectivity index (χ0v) is 15.0. The lowest BCUT2D eigenvalue weighted by molar-refractivity contribution is -0.460. The molecule has 4 atom stereocenters. The molecule has 2 aliphatic rings. The van der Waals surface area contributed by atoms with Gasteiger partial charge in [0.15, 0.2) is 6.29 Å². The molecular formula is C21H25NO4. The maximum atomic E-state index is 10.4. The van der Waals surface area contributed by atoms with E-state index >= 15 is 0 Å². The van der Waals surface area contributed by atoms with Crippen LogP contribution in [0.1, 0.15) is 42.9 Å². The largest absolute Gasteiger partial charge is 0.394 e. The third-order valence-electron chi connectivity index (χ3n) is 5.42. The zero-order valence-electron chi connectivity index (χ0n) is 15.0. The predicted molar refractivity (Wildman–Crippen MR) is 96.8 cm³/mol. The summed E-state index contributed by atoms with van der Waals surface area (Å²) in [5, 5.41) is 11.9. The van der Waals surface area contributed by atoms with Crippen molar-refractivity contribution in [3.05, 3.63) is 71.8 Å². The molecule has 2 aromatic rings. The summed E-state index contributed by atoms with van der Waals surface area (Å²) in [6.45, 7) is 2.47. The molecule has 1 N–H and O–H groups in total. The Bertz CT molecular complexity index is 710. The molecule has 4 rings (SSSR count). The number of hydrogen-bond acceptors (Lipinski definition) is 5. The van der Waals surface area contributed by atoms with Gasteiger partial charge in [0, 0.05) is 25.4 Å². The summed E-state index contributed by atoms with van der Waals surface area (Å²) < 4.78 is 5.75. The first-order valence-electron chi connectivity index (χ1n) is 9.23. The van der Waals surface area contributed by atoms with Gasteiger partial charge in [0.05, 0.1) is 6.61 Å². The zero-order chi connectivity index (χ0) is 18.0. The van der Waals surface area contributed by atoms with E-state index in [9.17, 15) is 5.11 Å². The van der Waals surface area contributed by atoms with Crippen molar-refractivity contribution in [2.24, 2.45) is 0 Å². The van der Waals surface area contributed by atoms with Gasteiger partial charge in [-0.3, -0.25) is 4.84 Å². The Morgan fingerprint density at radius 1 is 1.04 bits per heavy atom. The number of benzene rings is 2. The van der Waals surface area contributed by atoms with Crippen molar-refractivity contribution in [1.29, 1.82) is 0 Å². The molecule has 0 aromatic heterocycles. The minimum absolute atomic E-state index is 0.0469. The monoisotopic (exact) mass is 355 g/mol.